The van der Waals surface area contributed by atoms with Crippen molar-refractivity contribution >= 4 is 11.9 Å². The zero-order valence-electron chi connectivity index (χ0n) is 17.2. The zero-order valence-corrected chi connectivity index (χ0v) is 17.2. The average Bonchev–Trinajstić information content (AvgIpc) is 3.35. The van der Waals surface area contributed by atoms with Crippen LogP contribution in [-0.2, 0) is 9.59 Å². The lowest BCUT2D eigenvalue weighted by molar-refractivity contribution is -0.134. The molecule has 0 radical (unpaired) electrons. The van der Waals surface area contributed by atoms with Gasteiger partial charge in [-0.25, -0.2) is 0 Å². The van der Waals surface area contributed by atoms with Gasteiger partial charge in [-0.1, -0.05) is 97.1 Å². The van der Waals surface area contributed by atoms with Gasteiger partial charge in [0, 0.05) is 11.1 Å². The van der Waals surface area contributed by atoms with Crippen LogP contribution in [0.2, 0.25) is 0 Å². The van der Waals surface area contributed by atoms with Crippen LogP contribution in [0.5, 0.6) is 11.5 Å². The molecule has 0 bridgehead atoms. The van der Waals surface area contributed by atoms with Crippen molar-refractivity contribution in [3.8, 4) is 11.5 Å². The number of esters is 2. The van der Waals surface area contributed by atoms with Crippen LogP contribution in [0.3, 0.4) is 0 Å². The Balaban J connectivity index is 0.000000135. The summed E-state index contributed by atoms with van der Waals surface area (Å²) in [5.74, 6) is 0.456. The molecule has 0 fully saturated rings. The quantitative estimate of drug-likeness (QED) is 0.319. The lowest BCUT2D eigenvalue weighted by Gasteiger charge is -2.06. The number of carbonyl (C=O) groups excluding carboxylic acids is 2. The summed E-state index contributed by atoms with van der Waals surface area (Å²) in [6, 6.07) is 34.6. The molecule has 2 aliphatic heterocycles. The van der Waals surface area contributed by atoms with E-state index in [2.05, 4.69) is 0 Å². The third-order valence-electron chi connectivity index (χ3n) is 5.62. The first-order chi connectivity index (χ1) is 15.7. The van der Waals surface area contributed by atoms with Crippen molar-refractivity contribution < 1.29 is 19.1 Å². The molecule has 0 aromatic heterocycles. The van der Waals surface area contributed by atoms with Crippen molar-refractivity contribution in [1.82, 2.24) is 0 Å². The SMILES string of the molecule is O=C1Oc2ccccc2C1c1ccccc1.O=C1Oc2ccccc2C1c1ccccc1. The van der Waals surface area contributed by atoms with Gasteiger partial charge in [0.1, 0.15) is 23.3 Å². The van der Waals surface area contributed by atoms with E-state index < -0.39 is 0 Å². The molecular weight excluding hydrogens is 400 g/mol. The molecule has 4 aromatic carbocycles. The van der Waals surface area contributed by atoms with Crippen molar-refractivity contribution in [3.05, 3.63) is 131 Å². The minimum absolute atomic E-state index is 0.188. The minimum Gasteiger partial charge on any atom is -0.425 e. The average molecular weight is 420 g/mol. The minimum atomic E-state index is -0.266. The van der Waals surface area contributed by atoms with E-state index in [1.54, 1.807) is 0 Å². The van der Waals surface area contributed by atoms with Gasteiger partial charge in [0.05, 0.1) is 0 Å². The molecule has 0 aliphatic carbocycles. The highest BCUT2D eigenvalue weighted by atomic mass is 16.5. The second-order valence-corrected chi connectivity index (χ2v) is 7.61. The summed E-state index contributed by atoms with van der Waals surface area (Å²) in [6.07, 6.45) is 0. The summed E-state index contributed by atoms with van der Waals surface area (Å²) < 4.78 is 10.5. The van der Waals surface area contributed by atoms with Gasteiger partial charge in [-0.2, -0.15) is 0 Å². The Bertz CT molecular complexity index is 1160. The smallest absolute Gasteiger partial charge is 0.323 e. The molecule has 4 heteroatoms. The number of carbonyl (C=O) groups is 2. The Morgan fingerprint density at radius 2 is 0.781 bits per heavy atom. The Morgan fingerprint density at radius 1 is 0.438 bits per heavy atom. The summed E-state index contributed by atoms with van der Waals surface area (Å²) in [5.41, 5.74) is 3.88. The summed E-state index contributed by atoms with van der Waals surface area (Å²) in [5, 5.41) is 0. The molecule has 0 amide bonds. The van der Waals surface area contributed by atoms with Crippen molar-refractivity contribution in [2.75, 3.05) is 0 Å². The first-order valence-electron chi connectivity index (χ1n) is 10.4. The van der Waals surface area contributed by atoms with Crippen molar-refractivity contribution in [3.63, 3.8) is 0 Å². The molecule has 2 unspecified atom stereocenters. The fourth-order valence-corrected chi connectivity index (χ4v) is 4.13. The molecule has 4 nitrogen and oxygen atoms in total. The van der Waals surface area contributed by atoms with Crippen LogP contribution in [0.4, 0.5) is 0 Å². The largest absolute Gasteiger partial charge is 0.425 e. The third-order valence-corrected chi connectivity index (χ3v) is 5.62. The van der Waals surface area contributed by atoms with Crippen LogP contribution in [0.15, 0.2) is 109 Å². The van der Waals surface area contributed by atoms with Gasteiger partial charge < -0.3 is 9.47 Å². The fraction of sp³-hybridized carbons (Fsp3) is 0.0714. The van der Waals surface area contributed by atoms with E-state index in [9.17, 15) is 9.59 Å². The van der Waals surface area contributed by atoms with E-state index in [-0.39, 0.29) is 23.8 Å². The summed E-state index contributed by atoms with van der Waals surface area (Å²) >= 11 is 0. The van der Waals surface area contributed by atoms with Gasteiger partial charge in [-0.15, -0.1) is 0 Å². The molecule has 4 aromatic rings. The highest BCUT2D eigenvalue weighted by molar-refractivity contribution is 5.90. The number of para-hydroxylation sites is 2. The van der Waals surface area contributed by atoms with Crippen LogP contribution in [0.25, 0.3) is 0 Å². The monoisotopic (exact) mass is 420 g/mol. The number of fused-ring (bicyclic) bond motifs is 2. The number of hydrogen-bond donors (Lipinski definition) is 0. The van der Waals surface area contributed by atoms with Crippen LogP contribution in [0.1, 0.15) is 34.1 Å². The second-order valence-electron chi connectivity index (χ2n) is 7.61. The van der Waals surface area contributed by atoms with E-state index in [4.69, 9.17) is 9.47 Å². The molecule has 6 rings (SSSR count). The number of hydrogen-bond acceptors (Lipinski definition) is 4. The standard InChI is InChI=1S/2C14H10O2/c2*15-14-13(10-6-2-1-3-7-10)11-8-4-5-9-12(11)16-14/h2*1-9,13H. The molecule has 2 atom stereocenters. The Hall–Kier alpha value is -4.18. The van der Waals surface area contributed by atoms with Crippen LogP contribution in [0, 0.1) is 0 Å². The lowest BCUT2D eigenvalue weighted by atomic mass is 9.93. The molecule has 32 heavy (non-hydrogen) atoms. The van der Waals surface area contributed by atoms with E-state index in [1.165, 1.54) is 0 Å². The van der Waals surface area contributed by atoms with Crippen molar-refractivity contribution in [1.29, 1.82) is 0 Å². The molecular formula is C28H20O4. The maximum absolute atomic E-state index is 11.8. The van der Waals surface area contributed by atoms with E-state index in [0.717, 1.165) is 22.3 Å². The van der Waals surface area contributed by atoms with Gasteiger partial charge in [0.15, 0.2) is 0 Å². The zero-order chi connectivity index (χ0) is 21.9. The van der Waals surface area contributed by atoms with Gasteiger partial charge in [0.25, 0.3) is 0 Å². The molecule has 156 valence electrons. The molecule has 2 aliphatic rings. The molecule has 0 N–H and O–H groups in total. The third kappa shape index (κ3) is 3.67. The summed E-state index contributed by atoms with van der Waals surface area (Å²) in [4.78, 5) is 23.6. The van der Waals surface area contributed by atoms with E-state index in [0.29, 0.717) is 11.5 Å². The van der Waals surface area contributed by atoms with Gasteiger partial charge in [-0.05, 0) is 23.3 Å². The maximum atomic E-state index is 11.8. The maximum Gasteiger partial charge on any atom is 0.323 e. The second kappa shape index (κ2) is 8.52. The predicted octanol–water partition coefficient (Wildman–Crippen LogP) is 5.48. The van der Waals surface area contributed by atoms with Gasteiger partial charge in [-0.3, -0.25) is 9.59 Å². The van der Waals surface area contributed by atoms with E-state index in [1.807, 2.05) is 109 Å². The van der Waals surface area contributed by atoms with Crippen LogP contribution >= 0.6 is 0 Å². The van der Waals surface area contributed by atoms with E-state index >= 15 is 0 Å². The van der Waals surface area contributed by atoms with Gasteiger partial charge in [0.2, 0.25) is 0 Å². The fourth-order valence-electron chi connectivity index (χ4n) is 4.13. The topological polar surface area (TPSA) is 52.6 Å². The summed E-state index contributed by atoms with van der Waals surface area (Å²) in [7, 11) is 0. The number of benzene rings is 4. The first-order valence-corrected chi connectivity index (χ1v) is 10.4. The van der Waals surface area contributed by atoms with Crippen LogP contribution in [-0.4, -0.2) is 11.9 Å². The lowest BCUT2D eigenvalue weighted by Crippen LogP contribution is -2.11. The Labute approximate surface area is 186 Å². The van der Waals surface area contributed by atoms with Crippen molar-refractivity contribution in [2.24, 2.45) is 0 Å². The Kier molecular flexibility index (Phi) is 5.26. The van der Waals surface area contributed by atoms with Crippen LogP contribution < -0.4 is 9.47 Å². The highest BCUT2D eigenvalue weighted by Crippen LogP contribution is 2.39. The van der Waals surface area contributed by atoms with Crippen molar-refractivity contribution in [2.45, 2.75) is 11.8 Å². The molecule has 0 spiro atoms. The molecule has 2 heterocycles. The predicted molar refractivity (Wildman–Crippen MR) is 121 cm³/mol. The number of ether oxygens (including phenoxy) is 2. The first kappa shape index (κ1) is 19.8. The van der Waals surface area contributed by atoms with Gasteiger partial charge >= 0.3 is 11.9 Å². The molecule has 0 saturated heterocycles. The molecule has 0 saturated carbocycles. The Morgan fingerprint density at radius 3 is 1.19 bits per heavy atom. The highest BCUT2D eigenvalue weighted by Gasteiger charge is 2.34. The normalized spacial score (nSPS) is 18.0. The summed E-state index contributed by atoms with van der Waals surface area (Å²) in [6.45, 7) is 0. The number of rotatable bonds is 2.